The lowest BCUT2D eigenvalue weighted by Crippen LogP contribution is -1.89. The summed E-state index contributed by atoms with van der Waals surface area (Å²) < 4.78 is 15.2. The number of hydrogen-bond donors (Lipinski definition) is 0. The van der Waals surface area contributed by atoms with Crippen LogP contribution in [0.15, 0.2) is 78.9 Å². The summed E-state index contributed by atoms with van der Waals surface area (Å²) in [6.45, 7) is 4.41. The summed E-state index contributed by atoms with van der Waals surface area (Å²) >= 11 is 0. The zero-order valence-corrected chi connectivity index (χ0v) is 20.3. The van der Waals surface area contributed by atoms with E-state index in [1.807, 2.05) is 30.3 Å². The van der Waals surface area contributed by atoms with Crippen molar-refractivity contribution in [3.63, 3.8) is 0 Å². The van der Waals surface area contributed by atoms with Gasteiger partial charge < -0.3 is 0 Å². The van der Waals surface area contributed by atoms with Gasteiger partial charge in [-0.05, 0) is 71.2 Å². The van der Waals surface area contributed by atoms with Gasteiger partial charge >= 0.3 is 0 Å². The zero-order valence-electron chi connectivity index (χ0n) is 20.3. The highest BCUT2D eigenvalue weighted by molar-refractivity contribution is 5.89. The fraction of sp³-hybridized carbons (Fsp3) is 0.273. The molecule has 0 unspecified atom stereocenters. The predicted molar refractivity (Wildman–Crippen MR) is 144 cm³/mol. The van der Waals surface area contributed by atoms with Crippen LogP contribution in [0, 0.1) is 17.7 Å². The topological polar surface area (TPSA) is 0 Å². The second-order valence-electron chi connectivity index (χ2n) is 9.07. The number of fused-ring (bicyclic) bond motifs is 1. The Labute approximate surface area is 203 Å². The molecule has 0 heterocycles. The van der Waals surface area contributed by atoms with Gasteiger partial charge in [-0.3, -0.25) is 0 Å². The van der Waals surface area contributed by atoms with Gasteiger partial charge in [-0.15, -0.1) is 0 Å². The number of halogens is 1. The van der Waals surface area contributed by atoms with E-state index in [9.17, 15) is 0 Å². The smallest absolute Gasteiger partial charge is 0.146 e. The van der Waals surface area contributed by atoms with Crippen LogP contribution in [0.5, 0.6) is 0 Å². The van der Waals surface area contributed by atoms with Crippen molar-refractivity contribution in [1.82, 2.24) is 0 Å². The van der Waals surface area contributed by atoms with Gasteiger partial charge in [0.15, 0.2) is 0 Å². The van der Waals surface area contributed by atoms with Crippen LogP contribution >= 0.6 is 0 Å². The molecule has 0 N–H and O–H groups in total. The first kappa shape index (κ1) is 23.8. The summed E-state index contributed by atoms with van der Waals surface area (Å²) in [6, 6.07) is 26.7. The number of rotatable bonds is 8. The Hall–Kier alpha value is -3.37. The Kier molecular flexibility index (Phi) is 8.16. The SMILES string of the molecule is CCCCCCc1ccc(-c2ccc3c(F)c(C#Cc4ccc(CCC)cc4)ccc3c2)cc1. The van der Waals surface area contributed by atoms with Gasteiger partial charge in [-0.1, -0.05) is 106 Å². The fourth-order valence-electron chi connectivity index (χ4n) is 4.37. The molecule has 0 amide bonds. The predicted octanol–water partition coefficient (Wildman–Crippen LogP) is 9.12. The van der Waals surface area contributed by atoms with Crippen LogP contribution in [0.2, 0.25) is 0 Å². The van der Waals surface area contributed by atoms with Crippen molar-refractivity contribution in [2.75, 3.05) is 0 Å². The van der Waals surface area contributed by atoms with Crippen LogP contribution in [0.25, 0.3) is 21.9 Å². The van der Waals surface area contributed by atoms with E-state index >= 15 is 4.39 Å². The Morgan fingerprint density at radius 1 is 0.618 bits per heavy atom. The average molecular weight is 449 g/mol. The lowest BCUT2D eigenvalue weighted by Gasteiger charge is -2.08. The van der Waals surface area contributed by atoms with Crippen LogP contribution in [-0.2, 0) is 12.8 Å². The maximum atomic E-state index is 15.2. The van der Waals surface area contributed by atoms with Gasteiger partial charge in [0.25, 0.3) is 0 Å². The molecular weight excluding hydrogens is 415 g/mol. The van der Waals surface area contributed by atoms with E-state index in [1.54, 1.807) is 6.07 Å². The molecule has 1 heteroatoms. The van der Waals surface area contributed by atoms with Crippen molar-refractivity contribution < 1.29 is 4.39 Å². The molecule has 0 bridgehead atoms. The first-order chi connectivity index (χ1) is 16.7. The van der Waals surface area contributed by atoms with E-state index in [1.165, 1.54) is 36.8 Å². The lowest BCUT2D eigenvalue weighted by molar-refractivity contribution is 0.636. The molecular formula is C33H33F. The maximum Gasteiger partial charge on any atom is 0.146 e. The molecule has 0 fully saturated rings. The molecule has 4 aromatic carbocycles. The number of hydrogen-bond acceptors (Lipinski definition) is 0. The fourth-order valence-corrected chi connectivity index (χ4v) is 4.37. The third kappa shape index (κ3) is 5.95. The molecule has 0 saturated carbocycles. The highest BCUT2D eigenvalue weighted by Crippen LogP contribution is 2.28. The van der Waals surface area contributed by atoms with Gasteiger partial charge in [0, 0.05) is 10.9 Å². The number of unbranched alkanes of at least 4 members (excludes halogenated alkanes) is 3. The molecule has 4 aromatic rings. The molecule has 34 heavy (non-hydrogen) atoms. The molecule has 0 atom stereocenters. The van der Waals surface area contributed by atoms with E-state index in [4.69, 9.17) is 0 Å². The van der Waals surface area contributed by atoms with Crippen LogP contribution < -0.4 is 0 Å². The summed E-state index contributed by atoms with van der Waals surface area (Å²) in [4.78, 5) is 0. The van der Waals surface area contributed by atoms with E-state index in [-0.39, 0.29) is 5.82 Å². The summed E-state index contributed by atoms with van der Waals surface area (Å²) in [7, 11) is 0. The lowest BCUT2D eigenvalue weighted by atomic mass is 9.97. The molecule has 0 aliphatic carbocycles. The van der Waals surface area contributed by atoms with Crippen molar-refractivity contribution >= 4 is 10.8 Å². The van der Waals surface area contributed by atoms with Crippen molar-refractivity contribution in [3.05, 3.63) is 107 Å². The van der Waals surface area contributed by atoms with Gasteiger partial charge in [-0.2, -0.15) is 0 Å². The Morgan fingerprint density at radius 3 is 2.06 bits per heavy atom. The summed E-state index contributed by atoms with van der Waals surface area (Å²) in [5.74, 6) is 5.89. The Morgan fingerprint density at radius 2 is 1.32 bits per heavy atom. The molecule has 0 aliphatic heterocycles. The highest BCUT2D eigenvalue weighted by Gasteiger charge is 2.08. The third-order valence-electron chi connectivity index (χ3n) is 6.39. The van der Waals surface area contributed by atoms with Crippen molar-refractivity contribution in [1.29, 1.82) is 0 Å². The molecule has 0 aromatic heterocycles. The standard InChI is InChI=1S/C33H33F/c1-3-5-6-7-9-26-14-17-28(18-15-26)30-22-23-32-31(24-30)21-20-29(33(32)34)19-16-27-12-10-25(8-4-2)11-13-27/h10-15,17-18,20-24H,3-9H2,1-2H3. The van der Waals surface area contributed by atoms with Gasteiger partial charge in [0.1, 0.15) is 5.82 Å². The highest BCUT2D eigenvalue weighted by atomic mass is 19.1. The zero-order chi connectivity index (χ0) is 23.8. The molecule has 0 spiro atoms. The van der Waals surface area contributed by atoms with Crippen molar-refractivity contribution in [2.45, 2.75) is 58.8 Å². The molecule has 0 radical (unpaired) electrons. The van der Waals surface area contributed by atoms with E-state index in [0.29, 0.717) is 10.9 Å². The van der Waals surface area contributed by atoms with E-state index in [2.05, 4.69) is 68.2 Å². The molecule has 0 saturated heterocycles. The molecule has 0 nitrogen and oxygen atoms in total. The minimum Gasteiger partial charge on any atom is -0.205 e. The summed E-state index contributed by atoms with van der Waals surface area (Å²) in [6.07, 6.45) is 8.45. The van der Waals surface area contributed by atoms with Gasteiger partial charge in [-0.25, -0.2) is 4.39 Å². The normalized spacial score (nSPS) is 10.8. The third-order valence-corrected chi connectivity index (χ3v) is 6.39. The number of aryl methyl sites for hydroxylation is 2. The van der Waals surface area contributed by atoms with E-state index in [0.717, 1.165) is 41.3 Å². The van der Waals surface area contributed by atoms with Crippen LogP contribution in [0.1, 0.15) is 68.2 Å². The van der Waals surface area contributed by atoms with Crippen LogP contribution in [-0.4, -0.2) is 0 Å². The van der Waals surface area contributed by atoms with Gasteiger partial charge in [0.05, 0.1) is 5.56 Å². The molecule has 172 valence electrons. The monoisotopic (exact) mass is 448 g/mol. The second kappa shape index (κ2) is 11.7. The van der Waals surface area contributed by atoms with Crippen LogP contribution in [0.3, 0.4) is 0 Å². The first-order valence-corrected chi connectivity index (χ1v) is 12.6. The van der Waals surface area contributed by atoms with Crippen molar-refractivity contribution in [2.24, 2.45) is 0 Å². The summed E-state index contributed by atoms with van der Waals surface area (Å²) in [5, 5.41) is 1.51. The maximum absolute atomic E-state index is 15.2. The van der Waals surface area contributed by atoms with E-state index < -0.39 is 0 Å². The minimum atomic E-state index is -0.249. The average Bonchev–Trinajstić information content (AvgIpc) is 2.87. The van der Waals surface area contributed by atoms with Crippen molar-refractivity contribution in [3.8, 4) is 23.0 Å². The Balaban J connectivity index is 1.51. The number of benzene rings is 4. The second-order valence-corrected chi connectivity index (χ2v) is 9.07. The molecule has 0 aliphatic rings. The largest absolute Gasteiger partial charge is 0.205 e. The summed E-state index contributed by atoms with van der Waals surface area (Å²) in [5.41, 5.74) is 6.30. The van der Waals surface area contributed by atoms with Crippen LogP contribution in [0.4, 0.5) is 4.39 Å². The quantitative estimate of drug-likeness (QED) is 0.186. The minimum absolute atomic E-state index is 0.249. The van der Waals surface area contributed by atoms with Gasteiger partial charge in [0.2, 0.25) is 0 Å². The molecule has 4 rings (SSSR count). The first-order valence-electron chi connectivity index (χ1n) is 12.6. The Bertz CT molecular complexity index is 1280.